The van der Waals surface area contributed by atoms with Crippen LogP contribution in [0, 0.1) is 0 Å². The zero-order valence-electron chi connectivity index (χ0n) is 15.4. The van der Waals surface area contributed by atoms with Crippen LogP contribution in [0.3, 0.4) is 0 Å². The van der Waals surface area contributed by atoms with E-state index in [1.165, 1.54) is 20.3 Å². The van der Waals surface area contributed by atoms with Gasteiger partial charge in [0.25, 0.3) is 0 Å². The zero-order chi connectivity index (χ0) is 19.4. The summed E-state index contributed by atoms with van der Waals surface area (Å²) in [6.07, 6.45) is 0.828. The Bertz CT molecular complexity index is 1030. The molecule has 0 spiro atoms. The van der Waals surface area contributed by atoms with Crippen LogP contribution in [-0.4, -0.2) is 20.2 Å². The van der Waals surface area contributed by atoms with E-state index in [0.717, 1.165) is 17.4 Å². The average Bonchev–Trinajstić information content (AvgIpc) is 2.70. The highest BCUT2D eigenvalue weighted by molar-refractivity contribution is 5.93. The number of hydrogen-bond acceptors (Lipinski definition) is 6. The minimum absolute atomic E-state index is 0.0627. The molecule has 0 atom stereocenters. The molecule has 1 aromatic heterocycles. The van der Waals surface area contributed by atoms with Gasteiger partial charge in [-0.2, -0.15) is 0 Å². The lowest BCUT2D eigenvalue weighted by Crippen LogP contribution is -2.09. The van der Waals surface area contributed by atoms with Gasteiger partial charge in [0.1, 0.15) is 17.8 Å². The molecular weight excluding hydrogens is 348 g/mol. The van der Waals surface area contributed by atoms with Crippen LogP contribution in [0.2, 0.25) is 0 Å². The number of methoxy groups -OCH3 is 2. The molecule has 0 N–H and O–H groups in total. The second kappa shape index (κ2) is 7.95. The molecule has 140 valence electrons. The topological polar surface area (TPSA) is 75.0 Å². The van der Waals surface area contributed by atoms with Gasteiger partial charge in [0.05, 0.1) is 14.2 Å². The third-order valence-electron chi connectivity index (χ3n) is 4.28. The molecule has 6 heteroatoms. The number of esters is 1. The smallest absolute Gasteiger partial charge is 0.342 e. The Labute approximate surface area is 156 Å². The Morgan fingerprint density at radius 2 is 1.89 bits per heavy atom. The molecule has 3 aromatic rings. The highest BCUT2D eigenvalue weighted by Crippen LogP contribution is 2.31. The van der Waals surface area contributed by atoms with Gasteiger partial charge >= 0.3 is 11.6 Å². The number of hydrogen-bond donors (Lipinski definition) is 0. The predicted octanol–water partition coefficient (Wildman–Crippen LogP) is 3.73. The van der Waals surface area contributed by atoms with Crippen LogP contribution in [0.1, 0.15) is 28.4 Å². The molecule has 0 amide bonds. The van der Waals surface area contributed by atoms with Crippen molar-refractivity contribution in [3.8, 4) is 11.5 Å². The molecule has 3 rings (SSSR count). The Balaban J connectivity index is 1.89. The first-order valence-corrected chi connectivity index (χ1v) is 8.51. The summed E-state index contributed by atoms with van der Waals surface area (Å²) in [5, 5.41) is 0.734. The lowest BCUT2D eigenvalue weighted by molar-refractivity contribution is 0.0469. The first kappa shape index (κ1) is 18.5. The van der Waals surface area contributed by atoms with Crippen LogP contribution in [0.5, 0.6) is 11.5 Å². The summed E-state index contributed by atoms with van der Waals surface area (Å²) in [6.45, 7) is 1.96. The SMILES string of the molecule is CCc1ccc2c(COC(=O)c3cccc(OC)c3OC)cc(=O)oc2c1. The van der Waals surface area contributed by atoms with E-state index in [2.05, 4.69) is 0 Å². The lowest BCUT2D eigenvalue weighted by Gasteiger charge is -2.12. The Morgan fingerprint density at radius 3 is 2.59 bits per heavy atom. The fraction of sp³-hybridized carbons (Fsp3) is 0.238. The van der Waals surface area contributed by atoms with Crippen LogP contribution in [0.15, 0.2) is 51.7 Å². The number of rotatable bonds is 6. The Kier molecular flexibility index (Phi) is 5.45. The number of carbonyl (C=O) groups excluding carboxylic acids is 1. The molecule has 0 aliphatic heterocycles. The van der Waals surface area contributed by atoms with Gasteiger partial charge in [0.15, 0.2) is 11.5 Å². The molecule has 2 aromatic carbocycles. The van der Waals surface area contributed by atoms with Gasteiger partial charge in [0, 0.05) is 17.0 Å². The van der Waals surface area contributed by atoms with Crippen molar-refractivity contribution in [2.45, 2.75) is 20.0 Å². The normalized spacial score (nSPS) is 10.6. The third-order valence-corrected chi connectivity index (χ3v) is 4.28. The minimum Gasteiger partial charge on any atom is -0.493 e. The maximum atomic E-state index is 12.5. The fourth-order valence-electron chi connectivity index (χ4n) is 2.88. The number of fused-ring (bicyclic) bond motifs is 1. The van der Waals surface area contributed by atoms with E-state index >= 15 is 0 Å². The molecule has 0 aliphatic rings. The highest BCUT2D eigenvalue weighted by atomic mass is 16.5. The van der Waals surface area contributed by atoms with Crippen LogP contribution in [0.25, 0.3) is 11.0 Å². The summed E-state index contributed by atoms with van der Waals surface area (Å²) >= 11 is 0. The zero-order valence-corrected chi connectivity index (χ0v) is 15.4. The Hall–Kier alpha value is -3.28. The maximum absolute atomic E-state index is 12.5. The summed E-state index contributed by atoms with van der Waals surface area (Å²) in [5.41, 5.74) is 1.88. The number of ether oxygens (including phenoxy) is 3. The molecular formula is C21H20O6. The van der Waals surface area contributed by atoms with E-state index in [1.807, 2.05) is 25.1 Å². The van der Waals surface area contributed by atoms with Crippen LogP contribution in [-0.2, 0) is 17.8 Å². The van der Waals surface area contributed by atoms with Crippen molar-refractivity contribution < 1.29 is 23.4 Å². The molecule has 6 nitrogen and oxygen atoms in total. The summed E-state index contributed by atoms with van der Waals surface area (Å²) in [5.74, 6) is 0.164. The highest BCUT2D eigenvalue weighted by Gasteiger charge is 2.18. The number of benzene rings is 2. The van der Waals surface area contributed by atoms with E-state index in [1.54, 1.807) is 18.2 Å². The van der Waals surface area contributed by atoms with E-state index in [4.69, 9.17) is 18.6 Å². The van der Waals surface area contributed by atoms with E-state index in [9.17, 15) is 9.59 Å². The van der Waals surface area contributed by atoms with Gasteiger partial charge in [-0.15, -0.1) is 0 Å². The van der Waals surface area contributed by atoms with Gasteiger partial charge in [-0.3, -0.25) is 0 Å². The van der Waals surface area contributed by atoms with Crippen molar-refractivity contribution in [2.24, 2.45) is 0 Å². The quantitative estimate of drug-likeness (QED) is 0.487. The van der Waals surface area contributed by atoms with Gasteiger partial charge in [-0.1, -0.05) is 25.1 Å². The summed E-state index contributed by atoms with van der Waals surface area (Å²) in [4.78, 5) is 24.4. The monoisotopic (exact) mass is 368 g/mol. The number of aryl methyl sites for hydroxylation is 1. The van der Waals surface area contributed by atoms with Crippen LogP contribution < -0.4 is 15.1 Å². The van der Waals surface area contributed by atoms with E-state index < -0.39 is 11.6 Å². The molecule has 0 saturated heterocycles. The molecule has 0 bridgehead atoms. The molecule has 1 heterocycles. The third kappa shape index (κ3) is 3.79. The summed E-state index contributed by atoms with van der Waals surface area (Å²) < 4.78 is 21.2. The molecule has 0 radical (unpaired) electrons. The van der Waals surface area contributed by atoms with Crippen LogP contribution in [0.4, 0.5) is 0 Å². The molecule has 0 saturated carbocycles. The second-order valence-electron chi connectivity index (χ2n) is 5.89. The van der Waals surface area contributed by atoms with E-state index in [0.29, 0.717) is 22.6 Å². The fourth-order valence-corrected chi connectivity index (χ4v) is 2.88. The Morgan fingerprint density at radius 1 is 1.07 bits per heavy atom. The van der Waals surface area contributed by atoms with Crippen molar-refractivity contribution in [3.05, 3.63) is 69.6 Å². The summed E-state index contributed by atoms with van der Waals surface area (Å²) in [7, 11) is 2.95. The minimum atomic E-state index is -0.572. The van der Waals surface area contributed by atoms with Crippen molar-refractivity contribution in [1.82, 2.24) is 0 Å². The maximum Gasteiger partial charge on any atom is 0.342 e. The first-order chi connectivity index (χ1) is 13.1. The van der Waals surface area contributed by atoms with Gasteiger partial charge in [0.2, 0.25) is 0 Å². The van der Waals surface area contributed by atoms with Crippen molar-refractivity contribution in [2.75, 3.05) is 14.2 Å². The van der Waals surface area contributed by atoms with Gasteiger partial charge in [-0.05, 0) is 30.2 Å². The standard InChI is InChI=1S/C21H20O6/c1-4-13-8-9-15-14(11-19(22)27-18(15)10-13)12-26-21(23)16-6-5-7-17(24-2)20(16)25-3/h5-11H,4,12H2,1-3H3. The van der Waals surface area contributed by atoms with Crippen molar-refractivity contribution >= 4 is 16.9 Å². The lowest BCUT2D eigenvalue weighted by atomic mass is 10.1. The van der Waals surface area contributed by atoms with Crippen molar-refractivity contribution in [1.29, 1.82) is 0 Å². The van der Waals surface area contributed by atoms with Gasteiger partial charge < -0.3 is 18.6 Å². The first-order valence-electron chi connectivity index (χ1n) is 8.51. The van der Waals surface area contributed by atoms with Crippen LogP contribution >= 0.6 is 0 Å². The molecule has 0 aliphatic carbocycles. The summed E-state index contributed by atoms with van der Waals surface area (Å²) in [6, 6.07) is 11.9. The molecule has 27 heavy (non-hydrogen) atoms. The van der Waals surface area contributed by atoms with Crippen molar-refractivity contribution in [3.63, 3.8) is 0 Å². The molecule has 0 unspecified atom stereocenters. The largest absolute Gasteiger partial charge is 0.493 e. The second-order valence-corrected chi connectivity index (χ2v) is 5.89. The van der Waals surface area contributed by atoms with Gasteiger partial charge in [-0.25, -0.2) is 9.59 Å². The number of para-hydroxylation sites is 1. The average molecular weight is 368 g/mol. The number of carbonyl (C=O) groups is 1. The molecule has 0 fully saturated rings. The van der Waals surface area contributed by atoms with E-state index in [-0.39, 0.29) is 12.2 Å². The predicted molar refractivity (Wildman–Crippen MR) is 101 cm³/mol.